The van der Waals surface area contributed by atoms with Crippen LogP contribution in [0.25, 0.3) is 0 Å². The number of ether oxygens (including phenoxy) is 3. The Balaban J connectivity index is 1.76. The number of benzene rings is 1. The van der Waals surface area contributed by atoms with Crippen molar-refractivity contribution in [3.05, 3.63) is 35.4 Å². The van der Waals surface area contributed by atoms with Gasteiger partial charge in [0, 0.05) is 43.3 Å². The predicted octanol–water partition coefficient (Wildman–Crippen LogP) is 4.34. The monoisotopic (exact) mass is 389 g/mol. The summed E-state index contributed by atoms with van der Waals surface area (Å²) in [4.78, 5) is 27.8. The first-order valence-electron chi connectivity index (χ1n) is 9.95. The van der Waals surface area contributed by atoms with Gasteiger partial charge >= 0.3 is 6.09 Å². The van der Waals surface area contributed by atoms with Gasteiger partial charge < -0.3 is 19.1 Å². The zero-order valence-electron chi connectivity index (χ0n) is 17.4. The van der Waals surface area contributed by atoms with Crippen molar-refractivity contribution in [1.29, 1.82) is 0 Å². The number of Topliss-reactive ketones (excluding diaryl/α,β-unsaturated/α-hetero) is 1. The first-order chi connectivity index (χ1) is 13.2. The van der Waals surface area contributed by atoms with E-state index in [9.17, 15) is 9.59 Å². The van der Waals surface area contributed by atoms with Gasteiger partial charge in [-0.25, -0.2) is 4.79 Å². The number of nitrogens with zero attached hydrogens (tertiary/aromatic N) is 1. The number of hydrogen-bond donors (Lipinski definition) is 0. The third kappa shape index (κ3) is 4.23. The number of rotatable bonds is 5. The maximum atomic E-state index is 13.3. The summed E-state index contributed by atoms with van der Waals surface area (Å²) in [7, 11) is 3.13. The van der Waals surface area contributed by atoms with Gasteiger partial charge in [-0.2, -0.15) is 0 Å². The lowest BCUT2D eigenvalue weighted by molar-refractivity contribution is -0.106. The lowest BCUT2D eigenvalue weighted by Crippen LogP contribution is -2.49. The Labute approximate surface area is 167 Å². The van der Waals surface area contributed by atoms with Gasteiger partial charge in [0.1, 0.15) is 5.60 Å². The van der Waals surface area contributed by atoms with Crippen molar-refractivity contribution >= 4 is 11.9 Å². The molecule has 2 unspecified atom stereocenters. The SMILES string of the molecule is COC(OC)c1ccccc1C(=O)C1CC2CCC(C1)N2C(=O)OC(C)(C)C. The minimum atomic E-state index is -0.571. The van der Waals surface area contributed by atoms with E-state index < -0.39 is 11.9 Å². The molecular weight excluding hydrogens is 358 g/mol. The smallest absolute Gasteiger partial charge is 0.410 e. The summed E-state index contributed by atoms with van der Waals surface area (Å²) in [5.74, 6) is 0.00198. The summed E-state index contributed by atoms with van der Waals surface area (Å²) in [6.45, 7) is 5.63. The van der Waals surface area contributed by atoms with E-state index in [1.165, 1.54) is 0 Å². The van der Waals surface area contributed by atoms with Crippen molar-refractivity contribution in [1.82, 2.24) is 4.90 Å². The van der Waals surface area contributed by atoms with Gasteiger partial charge in [0.2, 0.25) is 0 Å². The first-order valence-corrected chi connectivity index (χ1v) is 9.95. The van der Waals surface area contributed by atoms with Crippen LogP contribution in [0.15, 0.2) is 24.3 Å². The zero-order chi connectivity index (χ0) is 20.5. The molecular formula is C22H31NO5. The maximum absolute atomic E-state index is 13.3. The average molecular weight is 389 g/mol. The summed E-state index contributed by atoms with van der Waals surface area (Å²) in [5.41, 5.74) is 0.878. The second-order valence-electron chi connectivity index (χ2n) is 8.70. The Kier molecular flexibility index (Phi) is 6.10. The number of fused-ring (bicyclic) bond motifs is 2. The molecule has 2 saturated heterocycles. The van der Waals surface area contributed by atoms with Crippen LogP contribution in [0.2, 0.25) is 0 Å². The van der Waals surface area contributed by atoms with Gasteiger partial charge in [-0.3, -0.25) is 4.79 Å². The number of carbonyl (C=O) groups is 2. The summed E-state index contributed by atoms with van der Waals surface area (Å²) >= 11 is 0. The van der Waals surface area contributed by atoms with E-state index in [0.29, 0.717) is 18.4 Å². The number of amides is 1. The molecule has 2 bridgehead atoms. The fourth-order valence-corrected chi connectivity index (χ4v) is 4.50. The molecule has 2 aliphatic heterocycles. The van der Waals surface area contributed by atoms with Crippen LogP contribution in [-0.2, 0) is 14.2 Å². The molecule has 1 aromatic carbocycles. The average Bonchev–Trinajstić information content (AvgIpc) is 2.91. The molecule has 2 aliphatic rings. The van der Waals surface area contributed by atoms with Crippen LogP contribution in [0, 0.1) is 5.92 Å². The Morgan fingerprint density at radius 2 is 1.61 bits per heavy atom. The minimum Gasteiger partial charge on any atom is -0.444 e. The lowest BCUT2D eigenvalue weighted by Gasteiger charge is -2.39. The predicted molar refractivity (Wildman–Crippen MR) is 105 cm³/mol. The zero-order valence-corrected chi connectivity index (χ0v) is 17.4. The Morgan fingerprint density at radius 1 is 1.04 bits per heavy atom. The van der Waals surface area contributed by atoms with Crippen LogP contribution >= 0.6 is 0 Å². The van der Waals surface area contributed by atoms with Crippen LogP contribution in [0.1, 0.15) is 68.7 Å². The number of carbonyl (C=O) groups excluding carboxylic acids is 2. The normalized spacial score (nSPS) is 24.5. The summed E-state index contributed by atoms with van der Waals surface area (Å²) in [6.07, 6.45) is 2.37. The second-order valence-corrected chi connectivity index (χ2v) is 8.70. The highest BCUT2D eigenvalue weighted by atomic mass is 16.7. The topological polar surface area (TPSA) is 65.1 Å². The molecule has 6 heteroatoms. The minimum absolute atomic E-state index is 0.0651. The highest BCUT2D eigenvalue weighted by Crippen LogP contribution is 2.41. The maximum Gasteiger partial charge on any atom is 0.410 e. The fourth-order valence-electron chi connectivity index (χ4n) is 4.50. The molecule has 2 fully saturated rings. The van der Waals surface area contributed by atoms with Crippen molar-refractivity contribution < 1.29 is 23.8 Å². The highest BCUT2D eigenvalue weighted by Gasteiger charge is 2.46. The highest BCUT2D eigenvalue weighted by molar-refractivity contribution is 5.99. The van der Waals surface area contributed by atoms with Gasteiger partial charge in [0.15, 0.2) is 12.1 Å². The van der Waals surface area contributed by atoms with E-state index >= 15 is 0 Å². The summed E-state index contributed by atoms with van der Waals surface area (Å²) in [5, 5.41) is 0. The molecule has 1 amide bonds. The Bertz CT molecular complexity index is 708. The number of ketones is 1. The van der Waals surface area contributed by atoms with Crippen LogP contribution in [-0.4, -0.2) is 48.7 Å². The third-order valence-electron chi connectivity index (χ3n) is 5.62. The summed E-state index contributed by atoms with van der Waals surface area (Å²) < 4.78 is 16.3. The van der Waals surface area contributed by atoms with Gasteiger partial charge in [-0.1, -0.05) is 24.3 Å². The van der Waals surface area contributed by atoms with Gasteiger partial charge in [0.05, 0.1) is 0 Å². The quantitative estimate of drug-likeness (QED) is 0.554. The van der Waals surface area contributed by atoms with Crippen molar-refractivity contribution in [2.45, 2.75) is 70.4 Å². The molecule has 0 spiro atoms. The van der Waals surface area contributed by atoms with Gasteiger partial charge in [-0.15, -0.1) is 0 Å². The largest absolute Gasteiger partial charge is 0.444 e. The van der Waals surface area contributed by atoms with Crippen molar-refractivity contribution in [3.63, 3.8) is 0 Å². The molecule has 0 saturated carbocycles. The van der Waals surface area contributed by atoms with Crippen molar-refractivity contribution in [3.8, 4) is 0 Å². The van der Waals surface area contributed by atoms with Crippen molar-refractivity contribution in [2.24, 2.45) is 5.92 Å². The molecule has 2 atom stereocenters. The van der Waals surface area contributed by atoms with Crippen LogP contribution in [0.3, 0.4) is 0 Å². The molecule has 0 N–H and O–H groups in total. The van der Waals surface area contributed by atoms with Crippen LogP contribution in [0.4, 0.5) is 4.79 Å². The Hall–Kier alpha value is -1.92. The third-order valence-corrected chi connectivity index (χ3v) is 5.62. The second kappa shape index (κ2) is 8.21. The van der Waals surface area contributed by atoms with Gasteiger partial charge in [-0.05, 0) is 46.5 Å². The van der Waals surface area contributed by atoms with E-state index in [1.807, 2.05) is 49.9 Å². The molecule has 2 heterocycles. The fraction of sp³-hybridized carbons (Fsp3) is 0.636. The van der Waals surface area contributed by atoms with E-state index in [0.717, 1.165) is 18.4 Å². The van der Waals surface area contributed by atoms with E-state index in [-0.39, 0.29) is 29.9 Å². The van der Waals surface area contributed by atoms with Crippen LogP contribution < -0.4 is 0 Å². The molecule has 3 rings (SSSR count). The lowest BCUT2D eigenvalue weighted by atomic mass is 9.83. The number of piperidine rings is 1. The molecule has 0 aromatic heterocycles. The standard InChI is InChI=1S/C22H31NO5/c1-22(2,3)28-21(25)23-15-10-11-16(23)13-14(12-15)19(24)17-8-6-7-9-18(17)20(26-4)27-5/h6-9,14-16,20H,10-13H2,1-5H3. The van der Waals surface area contributed by atoms with E-state index in [1.54, 1.807) is 14.2 Å². The molecule has 0 radical (unpaired) electrons. The first kappa shape index (κ1) is 20.8. The summed E-state index contributed by atoms with van der Waals surface area (Å²) in [6, 6.07) is 7.58. The number of hydrogen-bond acceptors (Lipinski definition) is 5. The molecule has 28 heavy (non-hydrogen) atoms. The number of methoxy groups -OCH3 is 2. The molecule has 0 aliphatic carbocycles. The van der Waals surface area contributed by atoms with Gasteiger partial charge in [0.25, 0.3) is 0 Å². The Morgan fingerprint density at radius 3 is 2.14 bits per heavy atom. The van der Waals surface area contributed by atoms with Crippen LogP contribution in [0.5, 0.6) is 0 Å². The van der Waals surface area contributed by atoms with E-state index in [2.05, 4.69) is 0 Å². The molecule has 154 valence electrons. The molecule has 1 aromatic rings. The molecule has 6 nitrogen and oxygen atoms in total. The van der Waals surface area contributed by atoms with Crippen molar-refractivity contribution in [2.75, 3.05) is 14.2 Å². The van der Waals surface area contributed by atoms with E-state index in [4.69, 9.17) is 14.2 Å².